The lowest BCUT2D eigenvalue weighted by molar-refractivity contribution is -0.122. The van der Waals surface area contributed by atoms with Gasteiger partial charge in [-0.1, -0.05) is 36.4 Å². The van der Waals surface area contributed by atoms with Crippen LogP contribution in [0.1, 0.15) is 5.56 Å². The molecule has 1 heterocycles. The van der Waals surface area contributed by atoms with E-state index >= 15 is 0 Å². The molecule has 1 N–H and O–H groups in total. The number of hydrogen-bond donors (Lipinski definition) is 1. The highest BCUT2D eigenvalue weighted by atomic mass is 19.1. The van der Waals surface area contributed by atoms with Crippen LogP contribution < -0.4 is 5.32 Å². The van der Waals surface area contributed by atoms with Crippen LogP contribution in [0.3, 0.4) is 0 Å². The van der Waals surface area contributed by atoms with Crippen molar-refractivity contribution < 1.29 is 13.6 Å². The second-order valence-electron chi connectivity index (χ2n) is 5.00. The number of carbonyl (C=O) groups is 1. The molecule has 0 radical (unpaired) electrons. The fourth-order valence-electron chi connectivity index (χ4n) is 2.10. The molecular formula is C16H13F2N5O. The van der Waals surface area contributed by atoms with Crippen molar-refractivity contribution in [1.82, 2.24) is 25.5 Å². The summed E-state index contributed by atoms with van der Waals surface area (Å²) in [6, 6.07) is 12.8. The predicted octanol–water partition coefficient (Wildman–Crippen LogP) is 1.93. The minimum Gasteiger partial charge on any atom is -0.350 e. The molecule has 6 nitrogen and oxygen atoms in total. The van der Waals surface area contributed by atoms with Crippen molar-refractivity contribution >= 4 is 5.91 Å². The van der Waals surface area contributed by atoms with Crippen molar-refractivity contribution in [2.24, 2.45) is 0 Å². The van der Waals surface area contributed by atoms with Gasteiger partial charge in [0, 0.05) is 6.54 Å². The summed E-state index contributed by atoms with van der Waals surface area (Å²) < 4.78 is 27.4. The van der Waals surface area contributed by atoms with Gasteiger partial charge in [0.15, 0.2) is 0 Å². The molecule has 122 valence electrons. The Kier molecular flexibility index (Phi) is 4.55. The van der Waals surface area contributed by atoms with Gasteiger partial charge < -0.3 is 5.32 Å². The van der Waals surface area contributed by atoms with Gasteiger partial charge in [-0.2, -0.15) is 4.80 Å². The van der Waals surface area contributed by atoms with Gasteiger partial charge in [0.2, 0.25) is 11.7 Å². The highest BCUT2D eigenvalue weighted by Gasteiger charge is 2.17. The van der Waals surface area contributed by atoms with Crippen molar-refractivity contribution in [2.75, 3.05) is 0 Å². The lowest BCUT2D eigenvalue weighted by Crippen LogP contribution is -2.28. The minimum atomic E-state index is -0.789. The summed E-state index contributed by atoms with van der Waals surface area (Å²) in [6.07, 6.45) is 0. The summed E-state index contributed by atoms with van der Waals surface area (Å²) in [7, 11) is 0. The van der Waals surface area contributed by atoms with E-state index in [4.69, 9.17) is 0 Å². The van der Waals surface area contributed by atoms with Crippen molar-refractivity contribution in [3.63, 3.8) is 0 Å². The zero-order valence-electron chi connectivity index (χ0n) is 12.5. The first-order chi connectivity index (χ1) is 11.6. The average molecular weight is 329 g/mol. The van der Waals surface area contributed by atoms with Gasteiger partial charge in [0.1, 0.15) is 18.2 Å². The van der Waals surface area contributed by atoms with Gasteiger partial charge >= 0.3 is 0 Å². The second-order valence-corrected chi connectivity index (χ2v) is 5.00. The number of hydrogen-bond acceptors (Lipinski definition) is 4. The van der Waals surface area contributed by atoms with E-state index in [0.717, 1.165) is 22.5 Å². The van der Waals surface area contributed by atoms with E-state index < -0.39 is 11.6 Å². The average Bonchev–Trinajstić information content (AvgIpc) is 3.02. The number of tetrazole rings is 1. The maximum atomic E-state index is 13.7. The van der Waals surface area contributed by atoms with Crippen LogP contribution in [0.4, 0.5) is 8.78 Å². The monoisotopic (exact) mass is 329 g/mol. The van der Waals surface area contributed by atoms with Gasteiger partial charge in [-0.3, -0.25) is 4.79 Å². The Hall–Kier alpha value is -3.16. The summed E-state index contributed by atoms with van der Waals surface area (Å²) in [6.45, 7) is 0.166. The van der Waals surface area contributed by atoms with E-state index in [2.05, 4.69) is 20.7 Å². The van der Waals surface area contributed by atoms with Gasteiger partial charge in [0.25, 0.3) is 0 Å². The number of aromatic nitrogens is 4. The van der Waals surface area contributed by atoms with E-state index in [1.54, 1.807) is 0 Å². The summed E-state index contributed by atoms with van der Waals surface area (Å²) in [4.78, 5) is 12.9. The number of carbonyl (C=O) groups excluding carboxylic acids is 1. The number of benzene rings is 2. The molecule has 0 unspecified atom stereocenters. The van der Waals surface area contributed by atoms with E-state index in [1.807, 2.05) is 30.3 Å². The molecule has 0 aliphatic carbocycles. The number of amides is 1. The summed E-state index contributed by atoms with van der Waals surface area (Å²) in [5, 5.41) is 13.8. The van der Waals surface area contributed by atoms with Gasteiger partial charge in [-0.05, 0) is 22.9 Å². The zero-order chi connectivity index (χ0) is 16.9. The normalized spacial score (nSPS) is 10.6. The molecule has 1 aromatic heterocycles. The fourth-order valence-corrected chi connectivity index (χ4v) is 2.10. The number of rotatable bonds is 5. The number of nitrogens with zero attached hydrogens (tertiary/aromatic N) is 4. The molecule has 0 bridgehead atoms. The van der Waals surface area contributed by atoms with E-state index in [9.17, 15) is 13.6 Å². The Labute approximate surface area is 136 Å². The first kappa shape index (κ1) is 15.7. The summed E-state index contributed by atoms with van der Waals surface area (Å²) >= 11 is 0. The number of nitrogens with one attached hydrogen (secondary N) is 1. The van der Waals surface area contributed by atoms with Crippen LogP contribution in [0, 0.1) is 11.6 Å². The van der Waals surface area contributed by atoms with Crippen molar-refractivity contribution in [3.8, 4) is 11.4 Å². The Morgan fingerprint density at radius 1 is 1.04 bits per heavy atom. The van der Waals surface area contributed by atoms with Crippen LogP contribution in [0.5, 0.6) is 0 Å². The molecular weight excluding hydrogens is 316 g/mol. The van der Waals surface area contributed by atoms with Crippen molar-refractivity contribution in [1.29, 1.82) is 0 Å². The maximum Gasteiger partial charge on any atom is 0.243 e. The molecule has 0 saturated carbocycles. The smallest absolute Gasteiger partial charge is 0.243 e. The molecule has 0 aliphatic rings. The largest absolute Gasteiger partial charge is 0.350 e. The van der Waals surface area contributed by atoms with Crippen molar-refractivity contribution in [2.45, 2.75) is 13.1 Å². The van der Waals surface area contributed by atoms with Crippen LogP contribution in [-0.2, 0) is 17.9 Å². The minimum absolute atomic E-state index is 0.199. The van der Waals surface area contributed by atoms with Gasteiger partial charge in [-0.25, -0.2) is 8.78 Å². The molecule has 24 heavy (non-hydrogen) atoms. The SMILES string of the molecule is O=C(Cn1nnc(-c2c(F)cccc2F)n1)NCc1ccccc1. The Bertz CT molecular complexity index is 830. The van der Waals surface area contributed by atoms with E-state index in [0.29, 0.717) is 6.54 Å². The first-order valence-corrected chi connectivity index (χ1v) is 7.16. The third-order valence-electron chi connectivity index (χ3n) is 3.26. The zero-order valence-corrected chi connectivity index (χ0v) is 12.5. The molecule has 0 spiro atoms. The van der Waals surface area contributed by atoms with Crippen LogP contribution in [-0.4, -0.2) is 26.1 Å². The molecule has 3 rings (SSSR count). The summed E-state index contributed by atoms with van der Waals surface area (Å²) in [5.74, 6) is -2.12. The lowest BCUT2D eigenvalue weighted by Gasteiger charge is -2.04. The predicted molar refractivity (Wildman–Crippen MR) is 81.5 cm³/mol. The van der Waals surface area contributed by atoms with Crippen LogP contribution in [0.25, 0.3) is 11.4 Å². The van der Waals surface area contributed by atoms with Crippen molar-refractivity contribution in [3.05, 3.63) is 65.7 Å². The Morgan fingerprint density at radius 2 is 1.75 bits per heavy atom. The van der Waals surface area contributed by atoms with E-state index in [1.165, 1.54) is 6.07 Å². The topological polar surface area (TPSA) is 72.7 Å². The highest BCUT2D eigenvalue weighted by molar-refractivity contribution is 5.75. The second kappa shape index (κ2) is 6.95. The van der Waals surface area contributed by atoms with E-state index in [-0.39, 0.29) is 23.8 Å². The molecule has 2 aromatic carbocycles. The lowest BCUT2D eigenvalue weighted by atomic mass is 10.2. The van der Waals surface area contributed by atoms with Gasteiger partial charge in [-0.15, -0.1) is 10.2 Å². The summed E-state index contributed by atoms with van der Waals surface area (Å²) in [5.41, 5.74) is 0.583. The quantitative estimate of drug-likeness (QED) is 0.776. The molecule has 0 atom stereocenters. The van der Waals surface area contributed by atoms with Crippen LogP contribution in [0.15, 0.2) is 48.5 Å². The van der Waals surface area contributed by atoms with Gasteiger partial charge in [0.05, 0.1) is 5.56 Å². The standard InChI is InChI=1S/C16H13F2N5O/c17-12-7-4-8-13(18)15(12)16-20-22-23(21-16)10-14(24)19-9-11-5-2-1-3-6-11/h1-8H,9-10H2,(H,19,24). The Balaban J connectivity index is 1.65. The maximum absolute atomic E-state index is 13.7. The molecule has 0 fully saturated rings. The molecule has 1 amide bonds. The molecule has 0 saturated heterocycles. The number of halogens is 2. The molecule has 8 heteroatoms. The first-order valence-electron chi connectivity index (χ1n) is 7.16. The molecule has 3 aromatic rings. The third kappa shape index (κ3) is 3.60. The molecule has 0 aliphatic heterocycles. The van der Waals surface area contributed by atoms with Crippen LogP contribution in [0.2, 0.25) is 0 Å². The van der Waals surface area contributed by atoms with Crippen LogP contribution >= 0.6 is 0 Å². The Morgan fingerprint density at radius 3 is 2.46 bits per heavy atom. The third-order valence-corrected chi connectivity index (χ3v) is 3.26. The fraction of sp³-hybridized carbons (Fsp3) is 0.125. The highest BCUT2D eigenvalue weighted by Crippen LogP contribution is 2.21.